The average molecular weight is 487 g/mol. The number of carbonyl (C=O) groups excluding carboxylic acids is 1. The van der Waals surface area contributed by atoms with Gasteiger partial charge in [0.25, 0.3) is 0 Å². The maximum Gasteiger partial charge on any atom is 0.573 e. The third-order valence-electron chi connectivity index (χ3n) is 6.16. The third-order valence-corrected chi connectivity index (χ3v) is 6.16. The number of halogens is 3. The zero-order chi connectivity index (χ0) is 25.0. The number of rotatable bonds is 7. The Morgan fingerprint density at radius 1 is 1.09 bits per heavy atom. The second-order valence-corrected chi connectivity index (χ2v) is 9.13. The van der Waals surface area contributed by atoms with E-state index >= 15 is 0 Å². The van der Waals surface area contributed by atoms with E-state index in [-0.39, 0.29) is 23.1 Å². The normalized spacial score (nSPS) is 15.4. The van der Waals surface area contributed by atoms with Crippen LogP contribution in [0.15, 0.2) is 65.1 Å². The van der Waals surface area contributed by atoms with Gasteiger partial charge in [-0.25, -0.2) is 0 Å². The minimum atomic E-state index is -4.77. The highest BCUT2D eigenvalue weighted by Gasteiger charge is 2.32. The van der Waals surface area contributed by atoms with Crippen LogP contribution in [0.4, 0.5) is 18.9 Å². The van der Waals surface area contributed by atoms with Crippen LogP contribution in [-0.2, 0) is 11.3 Å². The maximum atomic E-state index is 12.7. The summed E-state index contributed by atoms with van der Waals surface area (Å²) in [6, 6.07) is 17.5. The summed E-state index contributed by atoms with van der Waals surface area (Å²) in [6.45, 7) is 6.06. The molecule has 35 heavy (non-hydrogen) atoms. The van der Waals surface area contributed by atoms with Crippen LogP contribution in [0.2, 0.25) is 0 Å². The number of carbonyl (C=O) groups is 1. The summed E-state index contributed by atoms with van der Waals surface area (Å²) < 4.78 is 48.2. The van der Waals surface area contributed by atoms with E-state index in [0.29, 0.717) is 24.0 Å². The molecule has 0 bridgehead atoms. The first kappa shape index (κ1) is 24.9. The summed E-state index contributed by atoms with van der Waals surface area (Å²) >= 11 is 0. The van der Waals surface area contributed by atoms with E-state index in [2.05, 4.69) is 27.1 Å². The number of alkyl halides is 3. The molecule has 0 spiro atoms. The Hall–Kier alpha value is -3.26. The lowest BCUT2D eigenvalue weighted by molar-refractivity contribution is -0.274. The molecule has 8 heteroatoms. The standard InChI is InChI=1S/C27H29F3N2O3/c1-18(2)26(33)31-21-7-5-6-20(16-21)19-12-14-32(15-13-19)17-22-10-11-24(34-22)23-8-3-4-9-25(23)35-27(28,29)30/h3-11,16,18-19H,12-15,17H2,1-2H3,(H,31,33). The zero-order valence-electron chi connectivity index (χ0n) is 19.8. The largest absolute Gasteiger partial charge is 0.573 e. The molecule has 1 saturated heterocycles. The first-order valence-electron chi connectivity index (χ1n) is 11.7. The summed E-state index contributed by atoms with van der Waals surface area (Å²) in [5.74, 6) is 1.08. The molecule has 1 amide bonds. The van der Waals surface area contributed by atoms with E-state index in [0.717, 1.165) is 31.6 Å². The summed E-state index contributed by atoms with van der Waals surface area (Å²) in [4.78, 5) is 14.3. The highest BCUT2D eigenvalue weighted by atomic mass is 19.4. The Labute approximate surface area is 202 Å². The fraction of sp³-hybridized carbons (Fsp3) is 0.370. The number of piperidine rings is 1. The lowest BCUT2D eigenvalue weighted by Crippen LogP contribution is -2.32. The topological polar surface area (TPSA) is 54.7 Å². The fourth-order valence-electron chi connectivity index (χ4n) is 4.29. The van der Waals surface area contributed by atoms with Gasteiger partial charge in [-0.1, -0.05) is 38.1 Å². The summed E-state index contributed by atoms with van der Waals surface area (Å²) in [6.07, 6.45) is -2.83. The van der Waals surface area contributed by atoms with Gasteiger partial charge >= 0.3 is 6.36 Å². The summed E-state index contributed by atoms with van der Waals surface area (Å²) in [5, 5.41) is 2.96. The molecule has 3 aromatic rings. The molecule has 0 radical (unpaired) electrons. The molecule has 0 atom stereocenters. The monoisotopic (exact) mass is 486 g/mol. The van der Waals surface area contributed by atoms with E-state index in [4.69, 9.17) is 4.42 Å². The second kappa shape index (κ2) is 10.6. The number of hydrogen-bond donors (Lipinski definition) is 1. The Balaban J connectivity index is 1.35. The maximum absolute atomic E-state index is 12.7. The predicted octanol–water partition coefficient (Wildman–Crippen LogP) is 6.82. The third kappa shape index (κ3) is 6.66. The molecule has 1 aromatic heterocycles. The molecule has 1 aliphatic rings. The van der Waals surface area contributed by atoms with E-state index in [1.807, 2.05) is 26.0 Å². The fourth-order valence-corrected chi connectivity index (χ4v) is 4.29. The van der Waals surface area contributed by atoms with Crippen LogP contribution in [0.5, 0.6) is 5.75 Å². The molecule has 0 unspecified atom stereocenters. The Kier molecular flexibility index (Phi) is 7.50. The Morgan fingerprint density at radius 2 is 1.83 bits per heavy atom. The van der Waals surface area contributed by atoms with Crippen molar-refractivity contribution in [2.45, 2.75) is 45.5 Å². The lowest BCUT2D eigenvalue weighted by atomic mass is 9.89. The van der Waals surface area contributed by atoms with E-state index < -0.39 is 6.36 Å². The van der Waals surface area contributed by atoms with Crippen LogP contribution in [0.1, 0.15) is 43.9 Å². The molecular weight excluding hydrogens is 457 g/mol. The van der Waals surface area contributed by atoms with Crippen molar-refractivity contribution in [1.82, 2.24) is 4.90 Å². The van der Waals surface area contributed by atoms with Crippen LogP contribution in [0, 0.1) is 5.92 Å². The molecule has 1 N–H and O–H groups in total. The van der Waals surface area contributed by atoms with Crippen molar-refractivity contribution in [1.29, 1.82) is 0 Å². The molecular formula is C27H29F3N2O3. The van der Waals surface area contributed by atoms with Crippen molar-refractivity contribution in [3.05, 3.63) is 72.0 Å². The van der Waals surface area contributed by atoms with Crippen molar-refractivity contribution in [2.75, 3.05) is 18.4 Å². The van der Waals surface area contributed by atoms with Crippen molar-refractivity contribution in [3.8, 4) is 17.1 Å². The number of hydrogen-bond acceptors (Lipinski definition) is 4. The first-order chi connectivity index (χ1) is 16.7. The van der Waals surface area contributed by atoms with Crippen molar-refractivity contribution in [3.63, 3.8) is 0 Å². The Bertz CT molecular complexity index is 1150. The molecule has 4 rings (SSSR count). The number of nitrogens with zero attached hydrogens (tertiary/aromatic N) is 1. The molecule has 2 heterocycles. The highest BCUT2D eigenvalue weighted by molar-refractivity contribution is 5.92. The second-order valence-electron chi connectivity index (χ2n) is 9.13. The van der Waals surface area contributed by atoms with Gasteiger partial charge in [0, 0.05) is 11.6 Å². The van der Waals surface area contributed by atoms with Gasteiger partial charge in [0.1, 0.15) is 17.3 Å². The van der Waals surface area contributed by atoms with Crippen LogP contribution in [0.3, 0.4) is 0 Å². The number of ether oxygens (including phenoxy) is 1. The van der Waals surface area contributed by atoms with Crippen LogP contribution >= 0.6 is 0 Å². The van der Waals surface area contributed by atoms with Gasteiger partial charge in [0.15, 0.2) is 0 Å². The van der Waals surface area contributed by atoms with Gasteiger partial charge in [0.2, 0.25) is 5.91 Å². The SMILES string of the molecule is CC(C)C(=O)Nc1cccc(C2CCN(Cc3ccc(-c4ccccc4OC(F)(F)F)o3)CC2)c1. The molecule has 1 aliphatic heterocycles. The number of benzene rings is 2. The minimum Gasteiger partial charge on any atom is -0.460 e. The van der Waals surface area contributed by atoms with Crippen LogP contribution < -0.4 is 10.1 Å². The van der Waals surface area contributed by atoms with Crippen molar-refractivity contribution >= 4 is 11.6 Å². The molecule has 186 valence electrons. The smallest absolute Gasteiger partial charge is 0.460 e. The lowest BCUT2D eigenvalue weighted by Gasteiger charge is -2.31. The number of nitrogens with one attached hydrogen (secondary N) is 1. The molecule has 5 nitrogen and oxygen atoms in total. The van der Waals surface area contributed by atoms with Crippen molar-refractivity contribution < 1.29 is 27.1 Å². The van der Waals surface area contributed by atoms with Crippen molar-refractivity contribution in [2.24, 2.45) is 5.92 Å². The van der Waals surface area contributed by atoms with Gasteiger partial charge in [-0.05, 0) is 73.8 Å². The predicted molar refractivity (Wildman–Crippen MR) is 128 cm³/mol. The quantitative estimate of drug-likeness (QED) is 0.398. The van der Waals surface area contributed by atoms with Gasteiger partial charge in [-0.3, -0.25) is 9.69 Å². The van der Waals surface area contributed by atoms with Crippen LogP contribution in [-0.4, -0.2) is 30.3 Å². The van der Waals surface area contributed by atoms with Gasteiger partial charge in [0.05, 0.1) is 12.1 Å². The molecule has 2 aromatic carbocycles. The van der Waals surface area contributed by atoms with E-state index in [1.54, 1.807) is 24.3 Å². The molecule has 1 fully saturated rings. The first-order valence-corrected chi connectivity index (χ1v) is 11.7. The van der Waals surface area contributed by atoms with Gasteiger partial charge < -0.3 is 14.5 Å². The van der Waals surface area contributed by atoms with Gasteiger partial charge in [-0.2, -0.15) is 0 Å². The van der Waals surface area contributed by atoms with E-state index in [1.165, 1.54) is 17.7 Å². The highest BCUT2D eigenvalue weighted by Crippen LogP contribution is 2.35. The van der Waals surface area contributed by atoms with E-state index in [9.17, 15) is 18.0 Å². The average Bonchev–Trinajstić information content (AvgIpc) is 3.27. The number of likely N-dealkylation sites (tertiary alicyclic amines) is 1. The summed E-state index contributed by atoms with van der Waals surface area (Å²) in [7, 11) is 0. The number of amides is 1. The summed E-state index contributed by atoms with van der Waals surface area (Å²) in [5.41, 5.74) is 2.30. The number of para-hydroxylation sites is 1. The minimum absolute atomic E-state index is 0.00220. The van der Waals surface area contributed by atoms with Gasteiger partial charge in [-0.15, -0.1) is 13.2 Å². The molecule has 0 saturated carbocycles. The number of anilines is 1. The molecule has 0 aliphatic carbocycles. The zero-order valence-corrected chi connectivity index (χ0v) is 19.8. The number of furan rings is 1. The van der Waals surface area contributed by atoms with Crippen LogP contribution in [0.25, 0.3) is 11.3 Å². The Morgan fingerprint density at radius 3 is 2.54 bits per heavy atom.